The summed E-state index contributed by atoms with van der Waals surface area (Å²) in [5.74, 6) is -13.3. The summed E-state index contributed by atoms with van der Waals surface area (Å²) in [6.45, 7) is 0. The van der Waals surface area contributed by atoms with Crippen molar-refractivity contribution in [2.24, 2.45) is 5.92 Å². The summed E-state index contributed by atoms with van der Waals surface area (Å²) in [7, 11) is 0. The van der Waals surface area contributed by atoms with Gasteiger partial charge in [-0.2, -0.15) is 0 Å². The Kier molecular flexibility index (Phi) is 2.94. The smallest absolute Gasteiger partial charge is 0.365 e. The fourth-order valence-corrected chi connectivity index (χ4v) is 0.573. The summed E-state index contributed by atoms with van der Waals surface area (Å²) in [5.41, 5.74) is 0. The summed E-state index contributed by atoms with van der Waals surface area (Å²) in [4.78, 5) is 30.3. The van der Waals surface area contributed by atoms with Crippen molar-refractivity contribution in [2.75, 3.05) is 0 Å². The molecule has 0 aromatic carbocycles. The van der Waals surface area contributed by atoms with Crippen LogP contribution in [-0.2, 0) is 14.4 Å². The van der Waals surface area contributed by atoms with E-state index in [0.29, 0.717) is 0 Å². The van der Waals surface area contributed by atoms with Crippen LogP contribution in [0.2, 0.25) is 0 Å². The normalized spacial score (nSPS) is 11.3. The lowest BCUT2D eigenvalue weighted by molar-refractivity contribution is -0.228. The molecule has 0 atom stereocenters. The van der Waals surface area contributed by atoms with E-state index >= 15 is 0 Å². The Balaban J connectivity index is 5.06. The molecule has 5 N–H and O–H groups in total. The number of hydrogen-bond donors (Lipinski definition) is 5. The van der Waals surface area contributed by atoms with E-state index in [-0.39, 0.29) is 0 Å². The molecule has 0 saturated heterocycles. The number of hydrogen-bond acceptors (Lipinski definition) is 5. The molecule has 0 radical (unpaired) electrons. The van der Waals surface area contributed by atoms with E-state index in [1.165, 1.54) is 0 Å². The van der Waals surface area contributed by atoms with Crippen molar-refractivity contribution >= 4 is 17.9 Å². The number of aliphatic hydroxyl groups is 2. The third-order valence-corrected chi connectivity index (χ3v) is 1.21. The molecule has 0 amide bonds. The Labute approximate surface area is 70.7 Å². The SMILES string of the molecule is O=C(O)C(C(=O)O)C(O)(O)C(=O)O. The van der Waals surface area contributed by atoms with Gasteiger partial charge in [0.15, 0.2) is 0 Å². The van der Waals surface area contributed by atoms with Gasteiger partial charge in [-0.25, -0.2) is 4.79 Å². The quantitative estimate of drug-likeness (QED) is 0.244. The molecule has 8 heteroatoms. The second-order valence-electron chi connectivity index (χ2n) is 2.14. The molecule has 0 aromatic heterocycles. The second kappa shape index (κ2) is 3.37. The van der Waals surface area contributed by atoms with Crippen molar-refractivity contribution < 1.29 is 39.9 Å². The highest BCUT2D eigenvalue weighted by Gasteiger charge is 2.52. The number of carbonyl (C=O) groups is 3. The molecule has 0 heterocycles. The van der Waals surface area contributed by atoms with Crippen molar-refractivity contribution in [3.8, 4) is 0 Å². The zero-order valence-corrected chi connectivity index (χ0v) is 6.04. The van der Waals surface area contributed by atoms with Gasteiger partial charge in [-0.3, -0.25) is 9.59 Å². The number of rotatable bonds is 4. The molecule has 0 aromatic rings. The Bertz CT molecular complexity index is 239. The van der Waals surface area contributed by atoms with Gasteiger partial charge in [0.05, 0.1) is 0 Å². The van der Waals surface area contributed by atoms with Crippen LogP contribution in [0.15, 0.2) is 0 Å². The van der Waals surface area contributed by atoms with Crippen LogP contribution in [0, 0.1) is 5.92 Å². The molecule has 0 fully saturated rings. The average molecular weight is 194 g/mol. The summed E-state index contributed by atoms with van der Waals surface area (Å²) in [5, 5.41) is 41.6. The van der Waals surface area contributed by atoms with Gasteiger partial charge >= 0.3 is 17.9 Å². The fraction of sp³-hybridized carbons (Fsp3) is 0.400. The lowest BCUT2D eigenvalue weighted by Crippen LogP contribution is -2.52. The van der Waals surface area contributed by atoms with Gasteiger partial charge in [0.1, 0.15) is 0 Å². The topological polar surface area (TPSA) is 152 Å². The first-order chi connectivity index (χ1) is 5.71. The standard InChI is InChI=1S/C5H6O8/c6-2(7)1(3(8)9)5(12,13)4(10)11/h1,12-13H,(H,6,7)(H,8,9)(H,10,11). The first-order valence-corrected chi connectivity index (χ1v) is 2.85. The van der Waals surface area contributed by atoms with Crippen LogP contribution < -0.4 is 0 Å². The molecule has 0 saturated carbocycles. The zero-order valence-electron chi connectivity index (χ0n) is 6.04. The maximum Gasteiger partial charge on any atom is 0.365 e. The third kappa shape index (κ3) is 2.13. The Morgan fingerprint density at radius 1 is 0.923 bits per heavy atom. The van der Waals surface area contributed by atoms with Crippen LogP contribution in [-0.4, -0.2) is 49.2 Å². The van der Waals surface area contributed by atoms with E-state index in [1.807, 2.05) is 0 Å². The van der Waals surface area contributed by atoms with Gasteiger partial charge < -0.3 is 25.5 Å². The Morgan fingerprint density at radius 2 is 1.23 bits per heavy atom. The van der Waals surface area contributed by atoms with Crippen molar-refractivity contribution in [2.45, 2.75) is 5.79 Å². The van der Waals surface area contributed by atoms with Crippen LogP contribution in [0.25, 0.3) is 0 Å². The molecular weight excluding hydrogens is 188 g/mol. The third-order valence-electron chi connectivity index (χ3n) is 1.21. The van der Waals surface area contributed by atoms with Crippen LogP contribution in [0.1, 0.15) is 0 Å². The fourth-order valence-electron chi connectivity index (χ4n) is 0.573. The average Bonchev–Trinajstić information content (AvgIpc) is 1.82. The molecule has 13 heavy (non-hydrogen) atoms. The van der Waals surface area contributed by atoms with Crippen LogP contribution in [0.4, 0.5) is 0 Å². The summed E-state index contributed by atoms with van der Waals surface area (Å²) in [6, 6.07) is 0. The zero-order chi connectivity index (χ0) is 10.8. The van der Waals surface area contributed by atoms with E-state index < -0.39 is 29.6 Å². The predicted octanol–water partition coefficient (Wildman–Crippen LogP) is -2.46. The molecule has 74 valence electrons. The predicted molar refractivity (Wildman–Crippen MR) is 33.6 cm³/mol. The van der Waals surface area contributed by atoms with Crippen molar-refractivity contribution in [1.29, 1.82) is 0 Å². The monoisotopic (exact) mass is 194 g/mol. The number of carboxylic acid groups (broad SMARTS) is 3. The van der Waals surface area contributed by atoms with Gasteiger partial charge in [0, 0.05) is 0 Å². The van der Waals surface area contributed by atoms with Crippen molar-refractivity contribution in [3.05, 3.63) is 0 Å². The number of aliphatic carboxylic acids is 3. The van der Waals surface area contributed by atoms with Gasteiger partial charge in [0.2, 0.25) is 5.92 Å². The molecule has 0 spiro atoms. The molecule has 0 rings (SSSR count). The van der Waals surface area contributed by atoms with Crippen LogP contribution in [0.3, 0.4) is 0 Å². The highest BCUT2D eigenvalue weighted by atomic mass is 16.5. The molecule has 0 aliphatic heterocycles. The molecule has 0 bridgehead atoms. The van der Waals surface area contributed by atoms with Crippen LogP contribution >= 0.6 is 0 Å². The van der Waals surface area contributed by atoms with Gasteiger partial charge in [-0.05, 0) is 0 Å². The Morgan fingerprint density at radius 3 is 1.31 bits per heavy atom. The van der Waals surface area contributed by atoms with E-state index in [9.17, 15) is 14.4 Å². The maximum atomic E-state index is 10.1. The number of carboxylic acids is 3. The first-order valence-electron chi connectivity index (χ1n) is 2.85. The Hall–Kier alpha value is -1.67. The molecular formula is C5H6O8. The minimum atomic E-state index is -3.82. The van der Waals surface area contributed by atoms with Gasteiger partial charge in [0.25, 0.3) is 5.79 Å². The minimum Gasteiger partial charge on any atom is -0.480 e. The minimum absolute atomic E-state index is 2.15. The van der Waals surface area contributed by atoms with Crippen molar-refractivity contribution in [1.82, 2.24) is 0 Å². The lowest BCUT2D eigenvalue weighted by Gasteiger charge is -2.19. The first kappa shape index (κ1) is 11.3. The van der Waals surface area contributed by atoms with E-state index in [0.717, 1.165) is 0 Å². The van der Waals surface area contributed by atoms with E-state index in [2.05, 4.69) is 0 Å². The van der Waals surface area contributed by atoms with Crippen LogP contribution in [0.5, 0.6) is 0 Å². The lowest BCUT2D eigenvalue weighted by atomic mass is 9.99. The van der Waals surface area contributed by atoms with E-state index in [4.69, 9.17) is 25.5 Å². The molecule has 8 nitrogen and oxygen atoms in total. The molecule has 0 aliphatic rings. The summed E-state index contributed by atoms with van der Waals surface area (Å²) in [6.07, 6.45) is 0. The highest BCUT2D eigenvalue weighted by Crippen LogP contribution is 2.15. The molecule has 0 unspecified atom stereocenters. The largest absolute Gasteiger partial charge is 0.480 e. The second-order valence-corrected chi connectivity index (χ2v) is 2.14. The van der Waals surface area contributed by atoms with Crippen molar-refractivity contribution in [3.63, 3.8) is 0 Å². The molecule has 0 aliphatic carbocycles. The summed E-state index contributed by atoms with van der Waals surface area (Å²) >= 11 is 0. The van der Waals surface area contributed by atoms with Gasteiger partial charge in [-0.15, -0.1) is 0 Å². The van der Waals surface area contributed by atoms with Gasteiger partial charge in [-0.1, -0.05) is 0 Å². The summed E-state index contributed by atoms with van der Waals surface area (Å²) < 4.78 is 0. The maximum absolute atomic E-state index is 10.1. The highest BCUT2D eigenvalue weighted by molar-refractivity contribution is 5.99. The van der Waals surface area contributed by atoms with E-state index in [1.54, 1.807) is 0 Å².